The number of aliphatic hydroxyl groups is 1. The van der Waals surface area contributed by atoms with Gasteiger partial charge in [0.15, 0.2) is 0 Å². The van der Waals surface area contributed by atoms with Crippen LogP contribution in [0.25, 0.3) is 0 Å². The lowest BCUT2D eigenvalue weighted by Crippen LogP contribution is -2.15. The summed E-state index contributed by atoms with van der Waals surface area (Å²) < 4.78 is 0. The third-order valence-corrected chi connectivity index (χ3v) is 3.88. The smallest absolute Gasteiger partial charge is 0.229 e. The molecule has 7 heteroatoms. The molecule has 2 aromatic rings. The van der Waals surface area contributed by atoms with E-state index in [1.54, 1.807) is 24.3 Å². The maximum Gasteiger partial charge on any atom is 0.229 e. The average Bonchev–Trinajstić information content (AvgIpc) is 2.86. The highest BCUT2D eigenvalue weighted by atomic mass is 35.5. The van der Waals surface area contributed by atoms with Crippen molar-refractivity contribution >= 4 is 34.0 Å². The average molecular weight is 312 g/mol. The molecule has 5 nitrogen and oxygen atoms in total. The Morgan fingerprint density at radius 1 is 1.40 bits per heavy atom. The Morgan fingerprint density at radius 2 is 2.10 bits per heavy atom. The number of hydrogen-bond acceptors (Lipinski definition) is 5. The molecule has 0 saturated carbocycles. The van der Waals surface area contributed by atoms with Gasteiger partial charge in [-0.3, -0.25) is 4.79 Å². The van der Waals surface area contributed by atoms with Crippen LogP contribution in [0.4, 0.5) is 5.13 Å². The monoisotopic (exact) mass is 311 g/mol. The SMILES string of the molecule is CCc1nnc(NC(=O)CC(O)c2ccc(Cl)cc2)s1. The summed E-state index contributed by atoms with van der Waals surface area (Å²) in [7, 11) is 0. The molecule has 2 N–H and O–H groups in total. The third-order valence-electron chi connectivity index (χ3n) is 2.65. The summed E-state index contributed by atoms with van der Waals surface area (Å²) in [5.41, 5.74) is 0.649. The van der Waals surface area contributed by atoms with Crippen molar-refractivity contribution < 1.29 is 9.90 Å². The highest BCUT2D eigenvalue weighted by molar-refractivity contribution is 7.15. The first-order chi connectivity index (χ1) is 9.58. The van der Waals surface area contributed by atoms with E-state index in [9.17, 15) is 9.90 Å². The molecule has 1 heterocycles. The van der Waals surface area contributed by atoms with Gasteiger partial charge in [-0.05, 0) is 24.1 Å². The Bertz CT molecular complexity index is 586. The Hall–Kier alpha value is -1.50. The molecule has 1 unspecified atom stereocenters. The highest BCUT2D eigenvalue weighted by Crippen LogP contribution is 2.21. The summed E-state index contributed by atoms with van der Waals surface area (Å²) in [4.78, 5) is 11.8. The number of benzene rings is 1. The van der Waals surface area contributed by atoms with Crippen LogP contribution in [0.2, 0.25) is 5.02 Å². The molecule has 0 spiro atoms. The van der Waals surface area contributed by atoms with Crippen LogP contribution in [0.15, 0.2) is 24.3 Å². The van der Waals surface area contributed by atoms with Gasteiger partial charge in [-0.25, -0.2) is 0 Å². The number of aliphatic hydroxyl groups excluding tert-OH is 1. The zero-order valence-electron chi connectivity index (χ0n) is 10.8. The zero-order chi connectivity index (χ0) is 14.5. The van der Waals surface area contributed by atoms with Crippen LogP contribution in [-0.2, 0) is 11.2 Å². The van der Waals surface area contributed by atoms with Crippen molar-refractivity contribution in [3.8, 4) is 0 Å². The molecule has 1 aromatic carbocycles. The summed E-state index contributed by atoms with van der Waals surface area (Å²) in [6, 6.07) is 6.74. The van der Waals surface area contributed by atoms with Gasteiger partial charge < -0.3 is 10.4 Å². The lowest BCUT2D eigenvalue weighted by molar-refractivity contribution is -0.118. The molecule has 0 bridgehead atoms. The predicted octanol–water partition coefficient (Wildman–Crippen LogP) is 2.82. The number of aryl methyl sites for hydroxylation is 1. The molecule has 106 valence electrons. The van der Waals surface area contributed by atoms with Gasteiger partial charge in [-0.15, -0.1) is 10.2 Å². The largest absolute Gasteiger partial charge is 0.388 e. The Balaban J connectivity index is 1.92. The second kappa shape index (κ2) is 6.78. The number of carbonyl (C=O) groups excluding carboxylic acids is 1. The van der Waals surface area contributed by atoms with Crippen molar-refractivity contribution in [2.24, 2.45) is 0 Å². The van der Waals surface area contributed by atoms with Gasteiger partial charge in [0.25, 0.3) is 0 Å². The molecular formula is C13H14ClN3O2S. The topological polar surface area (TPSA) is 75.1 Å². The fourth-order valence-electron chi connectivity index (χ4n) is 1.60. The third kappa shape index (κ3) is 4.00. The maximum absolute atomic E-state index is 11.8. The van der Waals surface area contributed by atoms with Crippen LogP contribution in [0.5, 0.6) is 0 Å². The fraction of sp³-hybridized carbons (Fsp3) is 0.308. The summed E-state index contributed by atoms with van der Waals surface area (Å²) in [6.07, 6.45) is -0.130. The van der Waals surface area contributed by atoms with Crippen LogP contribution in [0.1, 0.15) is 30.0 Å². The molecule has 1 aromatic heterocycles. The summed E-state index contributed by atoms with van der Waals surface area (Å²) in [5, 5.41) is 22.3. The molecule has 1 amide bonds. The highest BCUT2D eigenvalue weighted by Gasteiger charge is 2.14. The van der Waals surface area contributed by atoms with Crippen LogP contribution in [-0.4, -0.2) is 21.2 Å². The molecule has 0 fully saturated rings. The van der Waals surface area contributed by atoms with Crippen LogP contribution in [0, 0.1) is 0 Å². The van der Waals surface area contributed by atoms with Crippen LogP contribution in [0.3, 0.4) is 0 Å². The van der Waals surface area contributed by atoms with Crippen molar-refractivity contribution in [3.63, 3.8) is 0 Å². The quantitative estimate of drug-likeness (QED) is 0.890. The molecule has 0 saturated heterocycles. The number of rotatable bonds is 5. The van der Waals surface area contributed by atoms with Gasteiger partial charge in [-0.2, -0.15) is 0 Å². The molecule has 2 rings (SSSR count). The van der Waals surface area contributed by atoms with Crippen molar-refractivity contribution in [3.05, 3.63) is 39.9 Å². The number of carbonyl (C=O) groups is 1. The standard InChI is InChI=1S/C13H14ClN3O2S/c1-2-12-16-17-13(20-12)15-11(19)7-10(18)8-3-5-9(14)6-4-8/h3-6,10,18H,2,7H2,1H3,(H,15,17,19). The summed E-state index contributed by atoms with van der Waals surface area (Å²) >= 11 is 7.10. The molecule has 1 atom stereocenters. The predicted molar refractivity (Wildman–Crippen MR) is 78.9 cm³/mol. The first-order valence-corrected chi connectivity index (χ1v) is 7.33. The molecule has 0 radical (unpaired) electrons. The Kier molecular flexibility index (Phi) is 5.05. The summed E-state index contributed by atoms with van der Waals surface area (Å²) in [5.74, 6) is -0.300. The van der Waals surface area contributed by atoms with Gasteiger partial charge in [0.05, 0.1) is 12.5 Å². The maximum atomic E-state index is 11.8. The second-order valence-corrected chi connectivity index (χ2v) is 5.67. The second-order valence-electron chi connectivity index (χ2n) is 4.17. The van der Waals surface area contributed by atoms with E-state index in [1.807, 2.05) is 6.92 Å². The van der Waals surface area contributed by atoms with Gasteiger partial charge in [0.1, 0.15) is 5.01 Å². The lowest BCUT2D eigenvalue weighted by Gasteiger charge is -2.10. The Labute approximate surface area is 125 Å². The van der Waals surface area contributed by atoms with E-state index in [0.29, 0.717) is 15.7 Å². The molecule has 0 aliphatic carbocycles. The van der Waals surface area contributed by atoms with Crippen LogP contribution < -0.4 is 5.32 Å². The number of anilines is 1. The number of amides is 1. The fourth-order valence-corrected chi connectivity index (χ4v) is 2.42. The van der Waals surface area contributed by atoms with Gasteiger partial charge in [0.2, 0.25) is 11.0 Å². The minimum Gasteiger partial charge on any atom is -0.388 e. The Morgan fingerprint density at radius 3 is 2.70 bits per heavy atom. The minimum absolute atomic E-state index is 0.0390. The van der Waals surface area contributed by atoms with Gasteiger partial charge in [-0.1, -0.05) is 42.0 Å². The van der Waals surface area contributed by atoms with Crippen molar-refractivity contribution in [1.82, 2.24) is 10.2 Å². The number of halogens is 1. The first kappa shape index (κ1) is 14.9. The number of nitrogens with zero attached hydrogens (tertiary/aromatic N) is 2. The summed E-state index contributed by atoms with van der Waals surface area (Å²) in [6.45, 7) is 1.97. The van der Waals surface area contributed by atoms with E-state index in [1.165, 1.54) is 11.3 Å². The van der Waals surface area contributed by atoms with E-state index >= 15 is 0 Å². The first-order valence-electron chi connectivity index (χ1n) is 6.14. The van der Waals surface area contributed by atoms with Gasteiger partial charge in [0, 0.05) is 5.02 Å². The molecule has 0 aliphatic heterocycles. The minimum atomic E-state index is -0.870. The molecular weight excluding hydrogens is 298 g/mol. The van der Waals surface area contributed by atoms with E-state index in [-0.39, 0.29) is 12.3 Å². The van der Waals surface area contributed by atoms with E-state index in [2.05, 4.69) is 15.5 Å². The van der Waals surface area contributed by atoms with E-state index in [4.69, 9.17) is 11.6 Å². The molecule has 20 heavy (non-hydrogen) atoms. The van der Waals surface area contributed by atoms with Crippen molar-refractivity contribution in [1.29, 1.82) is 0 Å². The van der Waals surface area contributed by atoms with Crippen LogP contribution >= 0.6 is 22.9 Å². The normalized spacial score (nSPS) is 12.2. The van der Waals surface area contributed by atoms with Gasteiger partial charge >= 0.3 is 0 Å². The number of nitrogens with one attached hydrogen (secondary N) is 1. The van der Waals surface area contributed by atoms with Crippen molar-refractivity contribution in [2.45, 2.75) is 25.9 Å². The number of aromatic nitrogens is 2. The lowest BCUT2D eigenvalue weighted by atomic mass is 10.1. The van der Waals surface area contributed by atoms with Crippen molar-refractivity contribution in [2.75, 3.05) is 5.32 Å². The van der Waals surface area contributed by atoms with E-state index in [0.717, 1.165) is 11.4 Å². The van der Waals surface area contributed by atoms with E-state index < -0.39 is 6.10 Å². The molecule has 0 aliphatic rings. The zero-order valence-corrected chi connectivity index (χ0v) is 12.4. The number of hydrogen-bond donors (Lipinski definition) is 2.